The van der Waals surface area contributed by atoms with Crippen LogP contribution in [-0.2, 0) is 32.9 Å². The van der Waals surface area contributed by atoms with Crippen LogP contribution in [0.5, 0.6) is 0 Å². The summed E-state index contributed by atoms with van der Waals surface area (Å²) in [5.41, 5.74) is 8.02. The number of hydrogen-bond acceptors (Lipinski definition) is 6. The number of anilines is 1. The van der Waals surface area contributed by atoms with Crippen LogP contribution >= 0.6 is 0 Å². The predicted octanol–water partition coefficient (Wildman–Crippen LogP) is 3.66. The SMILES string of the molecule is C[C@@H](C1CC1)N(Cc1ccc(F)cc1)C(=O)CN1C(=O)OC2(CCc3cc(N(C)C4(N)CC4)ccc32)C1=O. The van der Waals surface area contributed by atoms with Gasteiger partial charge >= 0.3 is 6.09 Å². The fourth-order valence-corrected chi connectivity index (χ4v) is 5.87. The number of nitrogens with zero attached hydrogens (tertiary/aromatic N) is 3. The van der Waals surface area contributed by atoms with Crippen LogP contribution in [-0.4, -0.2) is 53.0 Å². The Hall–Kier alpha value is -3.46. The fraction of sp³-hybridized carbons (Fsp3) is 0.483. The number of halogens is 1. The molecule has 3 amide bonds. The monoisotopic (exact) mass is 520 g/mol. The molecule has 4 aliphatic rings. The number of hydrogen-bond donors (Lipinski definition) is 1. The Bertz CT molecular complexity index is 1310. The van der Waals surface area contributed by atoms with E-state index in [0.29, 0.717) is 24.3 Å². The number of carbonyl (C=O) groups is 3. The van der Waals surface area contributed by atoms with Gasteiger partial charge in [0, 0.05) is 37.3 Å². The molecule has 0 aromatic heterocycles. The first kappa shape index (κ1) is 24.9. The molecule has 1 saturated heterocycles. The van der Waals surface area contributed by atoms with Crippen molar-refractivity contribution >= 4 is 23.6 Å². The number of imide groups is 1. The first-order valence-electron chi connectivity index (χ1n) is 13.4. The number of benzene rings is 2. The van der Waals surface area contributed by atoms with E-state index in [4.69, 9.17) is 10.5 Å². The maximum atomic E-state index is 13.7. The summed E-state index contributed by atoms with van der Waals surface area (Å²) >= 11 is 0. The van der Waals surface area contributed by atoms with E-state index in [1.807, 2.05) is 32.2 Å². The molecular formula is C29H33FN4O4. The Morgan fingerprint density at radius 3 is 2.53 bits per heavy atom. The molecule has 6 rings (SSSR count). The number of aryl methyl sites for hydroxylation is 1. The lowest BCUT2D eigenvalue weighted by Crippen LogP contribution is -2.47. The average molecular weight is 521 g/mol. The van der Waals surface area contributed by atoms with Crippen LogP contribution in [0.1, 0.15) is 55.7 Å². The molecule has 200 valence electrons. The molecule has 8 nitrogen and oxygen atoms in total. The Morgan fingerprint density at radius 1 is 1.16 bits per heavy atom. The summed E-state index contributed by atoms with van der Waals surface area (Å²) in [7, 11) is 1.97. The van der Waals surface area contributed by atoms with Crippen molar-refractivity contribution < 1.29 is 23.5 Å². The quantitative estimate of drug-likeness (QED) is 0.534. The van der Waals surface area contributed by atoms with Gasteiger partial charge in [-0.15, -0.1) is 0 Å². The van der Waals surface area contributed by atoms with Gasteiger partial charge in [0.15, 0.2) is 0 Å². The van der Waals surface area contributed by atoms with E-state index in [9.17, 15) is 18.8 Å². The van der Waals surface area contributed by atoms with Crippen molar-refractivity contribution in [2.24, 2.45) is 11.7 Å². The minimum Gasteiger partial charge on any atom is -0.427 e. The second-order valence-corrected chi connectivity index (χ2v) is 11.3. The smallest absolute Gasteiger partial charge is 0.418 e. The van der Waals surface area contributed by atoms with Gasteiger partial charge in [0.05, 0.1) is 5.66 Å². The van der Waals surface area contributed by atoms with Gasteiger partial charge in [-0.3, -0.25) is 9.59 Å². The van der Waals surface area contributed by atoms with E-state index in [2.05, 4.69) is 4.90 Å². The molecule has 3 aliphatic carbocycles. The van der Waals surface area contributed by atoms with Crippen LogP contribution in [0.2, 0.25) is 0 Å². The molecule has 9 heteroatoms. The zero-order valence-corrected chi connectivity index (χ0v) is 21.8. The Balaban J connectivity index is 1.21. The first-order chi connectivity index (χ1) is 18.1. The molecule has 2 aromatic rings. The van der Waals surface area contributed by atoms with Crippen LogP contribution < -0.4 is 10.6 Å². The van der Waals surface area contributed by atoms with Crippen LogP contribution in [0.4, 0.5) is 14.9 Å². The number of rotatable bonds is 8. The molecular weight excluding hydrogens is 487 g/mol. The van der Waals surface area contributed by atoms with E-state index in [-0.39, 0.29) is 36.5 Å². The largest absolute Gasteiger partial charge is 0.427 e. The van der Waals surface area contributed by atoms with Crippen LogP contribution in [0.25, 0.3) is 0 Å². The molecule has 2 atom stereocenters. The fourth-order valence-electron chi connectivity index (χ4n) is 5.87. The maximum absolute atomic E-state index is 13.7. The topological polar surface area (TPSA) is 96.2 Å². The van der Waals surface area contributed by atoms with Crippen molar-refractivity contribution in [2.75, 3.05) is 18.5 Å². The summed E-state index contributed by atoms with van der Waals surface area (Å²) in [5.74, 6) is -0.787. The van der Waals surface area contributed by atoms with Gasteiger partial charge in [-0.1, -0.05) is 18.2 Å². The number of fused-ring (bicyclic) bond motifs is 2. The third-order valence-corrected chi connectivity index (χ3v) is 8.84. The zero-order valence-electron chi connectivity index (χ0n) is 21.8. The highest BCUT2D eigenvalue weighted by molar-refractivity contribution is 6.06. The number of ether oxygens (including phenoxy) is 1. The molecule has 0 bridgehead atoms. The van der Waals surface area contributed by atoms with Gasteiger partial charge in [0.25, 0.3) is 5.91 Å². The molecule has 2 N–H and O–H groups in total. The highest BCUT2D eigenvalue weighted by atomic mass is 19.1. The van der Waals surface area contributed by atoms with Crippen molar-refractivity contribution in [1.82, 2.24) is 9.80 Å². The zero-order chi connectivity index (χ0) is 26.8. The lowest BCUT2D eigenvalue weighted by atomic mass is 9.94. The van der Waals surface area contributed by atoms with Crippen LogP contribution in [0, 0.1) is 11.7 Å². The molecule has 3 fully saturated rings. The van der Waals surface area contributed by atoms with Crippen LogP contribution in [0.15, 0.2) is 42.5 Å². The standard InChI is InChI=1S/C29H33FN4O4/c1-18(20-5-6-20)33(16-19-3-7-22(30)8-4-19)25(35)17-34-26(36)29(38-27(34)37)12-11-21-15-23(9-10-24(21)29)32(2)28(31)13-14-28/h3-4,7-10,15,18,20H,5-6,11-14,16-17,31H2,1-2H3/t18-,29?/m0/s1. The number of nitrogens with two attached hydrogens (primary N) is 1. The summed E-state index contributed by atoms with van der Waals surface area (Å²) < 4.78 is 19.2. The van der Waals surface area contributed by atoms with E-state index in [0.717, 1.165) is 47.4 Å². The van der Waals surface area contributed by atoms with E-state index >= 15 is 0 Å². The predicted molar refractivity (Wildman–Crippen MR) is 138 cm³/mol. The minimum atomic E-state index is -1.40. The van der Waals surface area contributed by atoms with Gasteiger partial charge in [-0.25, -0.2) is 14.1 Å². The average Bonchev–Trinajstić information content (AvgIpc) is 3.84. The van der Waals surface area contributed by atoms with E-state index in [1.54, 1.807) is 17.0 Å². The van der Waals surface area contributed by atoms with Gasteiger partial charge in [-0.2, -0.15) is 0 Å². The van der Waals surface area contributed by atoms with Crippen molar-refractivity contribution in [1.29, 1.82) is 0 Å². The van der Waals surface area contributed by atoms with Crippen LogP contribution in [0.3, 0.4) is 0 Å². The third kappa shape index (κ3) is 4.13. The molecule has 1 unspecified atom stereocenters. The number of carbonyl (C=O) groups excluding carboxylic acids is 3. The van der Waals surface area contributed by atoms with E-state index < -0.39 is 17.6 Å². The van der Waals surface area contributed by atoms with Gasteiger partial charge < -0.3 is 20.3 Å². The molecule has 1 spiro atoms. The number of amides is 3. The van der Waals surface area contributed by atoms with Crippen molar-refractivity contribution in [3.8, 4) is 0 Å². The first-order valence-corrected chi connectivity index (χ1v) is 13.4. The van der Waals surface area contributed by atoms with Gasteiger partial charge in [-0.05, 0) is 80.3 Å². The molecule has 38 heavy (non-hydrogen) atoms. The van der Waals surface area contributed by atoms with Crippen molar-refractivity contribution in [3.05, 3.63) is 65.0 Å². The van der Waals surface area contributed by atoms with Gasteiger partial charge in [0.2, 0.25) is 11.5 Å². The molecule has 2 saturated carbocycles. The molecule has 1 aliphatic heterocycles. The lowest BCUT2D eigenvalue weighted by Gasteiger charge is -2.31. The van der Waals surface area contributed by atoms with Crippen molar-refractivity contribution in [3.63, 3.8) is 0 Å². The Kier molecular flexibility index (Phi) is 5.75. The molecule has 2 aromatic carbocycles. The normalized spacial score (nSPS) is 23.8. The minimum absolute atomic E-state index is 0.0600. The summed E-state index contributed by atoms with van der Waals surface area (Å²) in [5, 5.41) is 0. The second kappa shape index (κ2) is 8.80. The van der Waals surface area contributed by atoms with E-state index in [1.165, 1.54) is 12.1 Å². The molecule has 1 heterocycles. The Labute approximate surface area is 221 Å². The highest BCUT2D eigenvalue weighted by Crippen LogP contribution is 2.47. The van der Waals surface area contributed by atoms with Gasteiger partial charge in [0.1, 0.15) is 12.4 Å². The molecule has 0 radical (unpaired) electrons. The highest BCUT2D eigenvalue weighted by Gasteiger charge is 2.58. The second-order valence-electron chi connectivity index (χ2n) is 11.3. The Morgan fingerprint density at radius 2 is 1.87 bits per heavy atom. The third-order valence-electron chi connectivity index (χ3n) is 8.84. The lowest BCUT2D eigenvalue weighted by molar-refractivity contribution is -0.143. The summed E-state index contributed by atoms with van der Waals surface area (Å²) in [6, 6.07) is 11.8. The maximum Gasteiger partial charge on any atom is 0.418 e. The van der Waals surface area contributed by atoms with Crippen molar-refractivity contribution in [2.45, 2.75) is 69.3 Å². The summed E-state index contributed by atoms with van der Waals surface area (Å²) in [6.45, 7) is 1.88. The summed E-state index contributed by atoms with van der Waals surface area (Å²) in [4.78, 5) is 44.9. The summed E-state index contributed by atoms with van der Waals surface area (Å²) in [6.07, 6.45) is 4.06.